The molecular formula is C25H13ClF5N5O2. The molecule has 0 unspecified atom stereocenters. The molecule has 0 saturated carbocycles. The Kier molecular flexibility index (Phi) is 6.03. The van der Waals surface area contributed by atoms with E-state index in [9.17, 15) is 31.5 Å². The van der Waals surface area contributed by atoms with E-state index < -0.39 is 46.8 Å². The van der Waals surface area contributed by atoms with E-state index in [1.54, 1.807) is 0 Å². The van der Waals surface area contributed by atoms with Crippen LogP contribution in [0, 0.1) is 23.0 Å². The largest absolute Gasteiger partial charge is 0.416 e. The quantitative estimate of drug-likeness (QED) is 0.326. The maximum Gasteiger partial charge on any atom is 0.416 e. The van der Waals surface area contributed by atoms with Crippen LogP contribution in [0.3, 0.4) is 0 Å². The van der Waals surface area contributed by atoms with E-state index in [0.29, 0.717) is 17.5 Å². The van der Waals surface area contributed by atoms with Gasteiger partial charge in [0.05, 0.1) is 35.0 Å². The fourth-order valence-electron chi connectivity index (χ4n) is 4.40. The van der Waals surface area contributed by atoms with Gasteiger partial charge in [0.25, 0.3) is 11.8 Å². The Morgan fingerprint density at radius 1 is 1.16 bits per heavy atom. The normalized spacial score (nSPS) is 14.8. The Morgan fingerprint density at radius 2 is 1.92 bits per heavy atom. The number of carbonyl (C=O) groups is 2. The SMILES string of the molecule is N#CCn1ncc2c3c(c(NC(=O)c4cc(F)cc(C(F)(F)F)c4)cc21)[C@H](c1cc(F)ccc1Cl)NC3=O. The summed E-state index contributed by atoms with van der Waals surface area (Å²) in [4.78, 5) is 26.2. The van der Waals surface area contributed by atoms with E-state index in [4.69, 9.17) is 16.9 Å². The number of hydrogen-bond donors (Lipinski definition) is 2. The molecule has 1 atom stereocenters. The highest BCUT2D eigenvalue weighted by atomic mass is 35.5. The van der Waals surface area contributed by atoms with Gasteiger partial charge in [-0.3, -0.25) is 14.3 Å². The lowest BCUT2D eigenvalue weighted by Crippen LogP contribution is -2.21. The average molecular weight is 546 g/mol. The van der Waals surface area contributed by atoms with Crippen LogP contribution in [-0.4, -0.2) is 21.6 Å². The summed E-state index contributed by atoms with van der Waals surface area (Å²) in [6.07, 6.45) is -3.56. The van der Waals surface area contributed by atoms with Crippen molar-refractivity contribution in [3.8, 4) is 6.07 Å². The van der Waals surface area contributed by atoms with Gasteiger partial charge in [-0.15, -0.1) is 0 Å². The summed E-state index contributed by atoms with van der Waals surface area (Å²) in [5.41, 5.74) is -1.44. The van der Waals surface area contributed by atoms with Crippen molar-refractivity contribution in [1.82, 2.24) is 15.1 Å². The predicted molar refractivity (Wildman–Crippen MR) is 125 cm³/mol. The molecule has 38 heavy (non-hydrogen) atoms. The van der Waals surface area contributed by atoms with E-state index in [-0.39, 0.29) is 45.5 Å². The molecule has 2 N–H and O–H groups in total. The summed E-state index contributed by atoms with van der Waals surface area (Å²) in [5, 5.41) is 18.8. The Bertz CT molecular complexity index is 1690. The molecule has 13 heteroatoms. The van der Waals surface area contributed by atoms with Crippen LogP contribution in [-0.2, 0) is 12.7 Å². The molecule has 5 rings (SSSR count). The van der Waals surface area contributed by atoms with E-state index >= 15 is 0 Å². The van der Waals surface area contributed by atoms with E-state index in [2.05, 4.69) is 15.7 Å². The number of halogens is 6. The number of nitriles is 1. The van der Waals surface area contributed by atoms with Gasteiger partial charge >= 0.3 is 6.18 Å². The number of rotatable bonds is 4. The number of alkyl halides is 3. The van der Waals surface area contributed by atoms with Gasteiger partial charge in [0, 0.05) is 32.8 Å². The van der Waals surface area contributed by atoms with Crippen molar-refractivity contribution >= 4 is 40.0 Å². The minimum Gasteiger partial charge on any atom is -0.341 e. The fourth-order valence-corrected chi connectivity index (χ4v) is 4.62. The maximum absolute atomic E-state index is 14.1. The lowest BCUT2D eigenvalue weighted by molar-refractivity contribution is -0.137. The third-order valence-electron chi connectivity index (χ3n) is 6.01. The number of nitrogens with one attached hydrogen (secondary N) is 2. The maximum atomic E-state index is 14.1. The van der Waals surface area contributed by atoms with Crippen LogP contribution >= 0.6 is 11.6 Å². The number of carbonyl (C=O) groups excluding carboxylic acids is 2. The third kappa shape index (κ3) is 4.31. The molecule has 0 spiro atoms. The fraction of sp³-hybridized carbons (Fsp3) is 0.120. The standard InChI is InChI=1S/C25H13ClF5N5O2/c26-17-2-1-13(27)8-15(17)22-21-18(34-23(37)11-5-12(25(29,30)31)7-14(28)6-11)9-19-16(20(21)24(38)35-22)10-33-36(19)4-3-32/h1-2,5-10,22H,4H2,(H,34,37)(H,35,38)/t22-/m0/s1. The second kappa shape index (κ2) is 9.11. The second-order valence-corrected chi connectivity index (χ2v) is 8.77. The summed E-state index contributed by atoms with van der Waals surface area (Å²) in [7, 11) is 0. The van der Waals surface area contributed by atoms with E-state index in [1.165, 1.54) is 23.0 Å². The molecule has 1 aliphatic heterocycles. The summed E-state index contributed by atoms with van der Waals surface area (Å²) >= 11 is 6.28. The molecule has 1 aromatic heterocycles. The highest BCUT2D eigenvalue weighted by Crippen LogP contribution is 2.43. The topological polar surface area (TPSA) is 99.8 Å². The Labute approximate surface area is 215 Å². The van der Waals surface area contributed by atoms with Crippen molar-refractivity contribution in [2.75, 3.05) is 5.32 Å². The molecule has 0 radical (unpaired) electrons. The summed E-state index contributed by atoms with van der Waals surface area (Å²) in [5.74, 6) is -3.65. The number of benzene rings is 3. The summed E-state index contributed by atoms with van der Waals surface area (Å²) < 4.78 is 68.9. The van der Waals surface area contributed by atoms with Crippen molar-refractivity contribution in [3.05, 3.63) is 93.1 Å². The van der Waals surface area contributed by atoms with Gasteiger partial charge in [-0.05, 0) is 42.5 Å². The lowest BCUT2D eigenvalue weighted by Gasteiger charge is -2.19. The van der Waals surface area contributed by atoms with Crippen molar-refractivity contribution in [2.45, 2.75) is 18.8 Å². The summed E-state index contributed by atoms with van der Waals surface area (Å²) in [6, 6.07) is 7.09. The molecular weight excluding hydrogens is 533 g/mol. The zero-order valence-electron chi connectivity index (χ0n) is 18.8. The Morgan fingerprint density at radius 3 is 2.63 bits per heavy atom. The number of aromatic nitrogens is 2. The highest BCUT2D eigenvalue weighted by molar-refractivity contribution is 6.31. The first-order chi connectivity index (χ1) is 18.0. The van der Waals surface area contributed by atoms with Crippen LogP contribution in [0.15, 0.2) is 48.7 Å². The molecule has 1 aliphatic rings. The zero-order valence-corrected chi connectivity index (χ0v) is 19.6. The van der Waals surface area contributed by atoms with Crippen LogP contribution in [0.1, 0.15) is 43.4 Å². The number of nitrogens with zero attached hydrogens (tertiary/aromatic N) is 3. The van der Waals surface area contributed by atoms with E-state index in [0.717, 1.165) is 12.1 Å². The van der Waals surface area contributed by atoms with Gasteiger partial charge in [0.2, 0.25) is 0 Å². The van der Waals surface area contributed by atoms with Gasteiger partial charge in [0.1, 0.15) is 18.2 Å². The molecule has 0 bridgehead atoms. The summed E-state index contributed by atoms with van der Waals surface area (Å²) in [6.45, 7) is -0.213. The molecule has 192 valence electrons. The minimum absolute atomic E-state index is 0.0440. The molecule has 0 fully saturated rings. The van der Waals surface area contributed by atoms with Crippen LogP contribution < -0.4 is 10.6 Å². The minimum atomic E-state index is -4.91. The molecule has 3 aromatic carbocycles. The van der Waals surface area contributed by atoms with Crippen molar-refractivity contribution in [3.63, 3.8) is 0 Å². The zero-order chi connectivity index (χ0) is 27.4. The first-order valence-electron chi connectivity index (χ1n) is 10.8. The first-order valence-corrected chi connectivity index (χ1v) is 11.2. The monoisotopic (exact) mass is 545 g/mol. The molecule has 4 aromatic rings. The van der Waals surface area contributed by atoms with Crippen LogP contribution in [0.2, 0.25) is 5.02 Å². The van der Waals surface area contributed by atoms with Gasteiger partial charge in [-0.25, -0.2) is 8.78 Å². The van der Waals surface area contributed by atoms with Crippen LogP contribution in [0.25, 0.3) is 10.9 Å². The number of amides is 2. The van der Waals surface area contributed by atoms with Crippen molar-refractivity contribution < 1.29 is 31.5 Å². The first kappa shape index (κ1) is 25.2. The van der Waals surface area contributed by atoms with Gasteiger partial charge in [0.15, 0.2) is 0 Å². The highest BCUT2D eigenvalue weighted by Gasteiger charge is 2.37. The smallest absolute Gasteiger partial charge is 0.341 e. The predicted octanol–water partition coefficient (Wildman–Crippen LogP) is 5.60. The molecule has 0 aliphatic carbocycles. The van der Waals surface area contributed by atoms with Crippen LogP contribution in [0.4, 0.5) is 27.6 Å². The second-order valence-electron chi connectivity index (χ2n) is 8.36. The molecule has 2 amide bonds. The molecule has 0 saturated heterocycles. The molecule has 2 heterocycles. The number of fused-ring (bicyclic) bond motifs is 3. The number of hydrogen-bond acceptors (Lipinski definition) is 4. The van der Waals surface area contributed by atoms with Gasteiger partial charge < -0.3 is 10.6 Å². The van der Waals surface area contributed by atoms with Gasteiger partial charge in [-0.1, -0.05) is 11.6 Å². The molecule has 7 nitrogen and oxygen atoms in total. The Balaban J connectivity index is 1.70. The third-order valence-corrected chi connectivity index (χ3v) is 6.35. The number of anilines is 1. The lowest BCUT2D eigenvalue weighted by atomic mass is 9.94. The van der Waals surface area contributed by atoms with Crippen LogP contribution in [0.5, 0.6) is 0 Å². The van der Waals surface area contributed by atoms with Crippen molar-refractivity contribution in [1.29, 1.82) is 5.26 Å². The van der Waals surface area contributed by atoms with Crippen molar-refractivity contribution in [2.24, 2.45) is 0 Å². The van der Waals surface area contributed by atoms with E-state index in [1.807, 2.05) is 6.07 Å². The van der Waals surface area contributed by atoms with Gasteiger partial charge in [-0.2, -0.15) is 23.5 Å². The Hall–Kier alpha value is -4.50. The average Bonchev–Trinajstić information content (AvgIpc) is 3.41.